The molecule has 0 radical (unpaired) electrons. The number of aromatic nitrogens is 2. The van der Waals surface area contributed by atoms with Gasteiger partial charge in [-0.1, -0.05) is 29.5 Å². The summed E-state index contributed by atoms with van der Waals surface area (Å²) in [5.41, 5.74) is 3.19. The number of anilines is 1. The topological polar surface area (TPSA) is 101 Å². The second kappa shape index (κ2) is 9.44. The highest BCUT2D eigenvalue weighted by atomic mass is 32.2. The standard InChI is InChI=1S/C21H23N3O4S2/c1-11-7-8-14(12(2)10-11)22-19(27)17-13(3)16-18(26)23-21(24-20(16)30-17)29-9-5-6-15(25)28-4/h7-8,10H,5-6,9H2,1-4H3,(H,22,27)(H,23,24,26). The van der Waals surface area contributed by atoms with E-state index in [9.17, 15) is 14.4 Å². The lowest BCUT2D eigenvalue weighted by atomic mass is 10.1. The number of hydrogen-bond donors (Lipinski definition) is 2. The van der Waals surface area contributed by atoms with E-state index < -0.39 is 0 Å². The Bertz CT molecular complexity index is 1170. The molecule has 0 atom stereocenters. The van der Waals surface area contributed by atoms with Gasteiger partial charge in [-0.2, -0.15) is 0 Å². The third kappa shape index (κ3) is 4.91. The number of carbonyl (C=O) groups excluding carboxylic acids is 2. The van der Waals surface area contributed by atoms with E-state index in [-0.39, 0.29) is 17.4 Å². The number of carbonyl (C=O) groups is 2. The van der Waals surface area contributed by atoms with Crippen LogP contribution < -0.4 is 10.9 Å². The van der Waals surface area contributed by atoms with Crippen molar-refractivity contribution in [1.29, 1.82) is 0 Å². The number of benzene rings is 1. The van der Waals surface area contributed by atoms with Crippen LogP contribution in [0, 0.1) is 20.8 Å². The molecule has 2 heterocycles. The van der Waals surface area contributed by atoms with Gasteiger partial charge in [0.25, 0.3) is 11.5 Å². The number of H-pyrrole nitrogens is 1. The normalized spacial score (nSPS) is 10.9. The number of aromatic amines is 1. The molecule has 158 valence electrons. The molecular formula is C21H23N3O4S2. The van der Waals surface area contributed by atoms with Crippen LogP contribution in [-0.4, -0.2) is 34.7 Å². The molecule has 0 saturated carbocycles. The van der Waals surface area contributed by atoms with E-state index in [1.165, 1.54) is 30.2 Å². The van der Waals surface area contributed by atoms with Crippen LogP contribution in [0.15, 0.2) is 28.2 Å². The van der Waals surface area contributed by atoms with Crippen molar-refractivity contribution < 1.29 is 14.3 Å². The molecule has 30 heavy (non-hydrogen) atoms. The highest BCUT2D eigenvalue weighted by molar-refractivity contribution is 7.99. The second-order valence-corrected chi connectivity index (χ2v) is 8.99. The number of thiophene rings is 1. The summed E-state index contributed by atoms with van der Waals surface area (Å²) in [5, 5.41) is 3.84. The van der Waals surface area contributed by atoms with Crippen LogP contribution in [0.5, 0.6) is 0 Å². The first-order chi connectivity index (χ1) is 14.3. The average molecular weight is 446 g/mol. The van der Waals surface area contributed by atoms with Crippen LogP contribution >= 0.6 is 23.1 Å². The molecule has 0 aliphatic heterocycles. The molecule has 0 aliphatic carbocycles. The molecular weight excluding hydrogens is 422 g/mol. The molecule has 0 unspecified atom stereocenters. The van der Waals surface area contributed by atoms with Crippen LogP contribution in [0.3, 0.4) is 0 Å². The van der Waals surface area contributed by atoms with Crippen molar-refractivity contribution in [3.8, 4) is 0 Å². The molecule has 0 bridgehead atoms. The predicted octanol–water partition coefficient (Wildman–Crippen LogP) is 4.21. The minimum Gasteiger partial charge on any atom is -0.469 e. The number of esters is 1. The summed E-state index contributed by atoms with van der Waals surface area (Å²) in [6.45, 7) is 5.70. The third-order valence-corrected chi connectivity index (χ3v) is 6.75. The van der Waals surface area contributed by atoms with E-state index >= 15 is 0 Å². The van der Waals surface area contributed by atoms with Crippen LogP contribution in [-0.2, 0) is 9.53 Å². The molecule has 3 aromatic rings. The zero-order valence-corrected chi connectivity index (χ0v) is 18.9. The van der Waals surface area contributed by atoms with Gasteiger partial charge in [0, 0.05) is 17.9 Å². The molecule has 1 amide bonds. The maximum Gasteiger partial charge on any atom is 0.305 e. The van der Waals surface area contributed by atoms with Gasteiger partial charge in [0.05, 0.1) is 17.4 Å². The van der Waals surface area contributed by atoms with Crippen LogP contribution in [0.25, 0.3) is 10.2 Å². The number of amides is 1. The number of methoxy groups -OCH3 is 1. The number of aryl methyl sites for hydroxylation is 3. The number of nitrogens with one attached hydrogen (secondary N) is 2. The van der Waals surface area contributed by atoms with Crippen molar-refractivity contribution in [2.45, 2.75) is 38.8 Å². The molecule has 0 aliphatic rings. The van der Waals surface area contributed by atoms with Crippen molar-refractivity contribution in [2.75, 3.05) is 18.2 Å². The van der Waals surface area contributed by atoms with Crippen molar-refractivity contribution >= 4 is 50.9 Å². The second-order valence-electron chi connectivity index (χ2n) is 6.91. The smallest absolute Gasteiger partial charge is 0.305 e. The van der Waals surface area contributed by atoms with Gasteiger partial charge in [-0.25, -0.2) is 4.98 Å². The Hall–Kier alpha value is -2.65. The molecule has 2 N–H and O–H groups in total. The Morgan fingerprint density at radius 1 is 1.27 bits per heavy atom. The SMILES string of the molecule is COC(=O)CCCSc1nc2sc(C(=O)Nc3ccc(C)cc3C)c(C)c2c(=O)[nH]1. The molecule has 0 fully saturated rings. The molecule has 7 nitrogen and oxygen atoms in total. The molecule has 2 aromatic heterocycles. The van der Waals surface area contributed by atoms with E-state index in [2.05, 4.69) is 20.0 Å². The van der Waals surface area contributed by atoms with Gasteiger partial charge in [0.2, 0.25) is 0 Å². The summed E-state index contributed by atoms with van der Waals surface area (Å²) in [4.78, 5) is 44.9. The molecule has 9 heteroatoms. The first kappa shape index (κ1) is 22.0. The Kier molecular flexibility index (Phi) is 6.94. The maximum atomic E-state index is 12.9. The number of hydrogen-bond acceptors (Lipinski definition) is 7. The van der Waals surface area contributed by atoms with Crippen molar-refractivity contribution in [3.05, 3.63) is 50.1 Å². The predicted molar refractivity (Wildman–Crippen MR) is 121 cm³/mol. The van der Waals surface area contributed by atoms with Gasteiger partial charge in [-0.15, -0.1) is 11.3 Å². The molecule has 1 aromatic carbocycles. The van der Waals surface area contributed by atoms with Gasteiger partial charge >= 0.3 is 5.97 Å². The fraction of sp³-hybridized carbons (Fsp3) is 0.333. The van der Waals surface area contributed by atoms with Gasteiger partial charge in [0.15, 0.2) is 5.16 Å². The molecule has 0 spiro atoms. The zero-order chi connectivity index (χ0) is 21.8. The number of nitrogens with zero attached hydrogens (tertiary/aromatic N) is 1. The minimum absolute atomic E-state index is 0.255. The lowest BCUT2D eigenvalue weighted by Gasteiger charge is -2.08. The van der Waals surface area contributed by atoms with E-state index in [0.717, 1.165) is 16.8 Å². The zero-order valence-electron chi connectivity index (χ0n) is 17.3. The van der Waals surface area contributed by atoms with E-state index in [4.69, 9.17) is 0 Å². The third-order valence-electron chi connectivity index (χ3n) is 4.61. The molecule has 3 rings (SSSR count). The van der Waals surface area contributed by atoms with E-state index in [0.29, 0.717) is 44.4 Å². The first-order valence-corrected chi connectivity index (χ1v) is 11.2. The van der Waals surface area contributed by atoms with Gasteiger partial charge < -0.3 is 15.0 Å². The number of thioether (sulfide) groups is 1. The highest BCUT2D eigenvalue weighted by Gasteiger charge is 2.20. The van der Waals surface area contributed by atoms with E-state index in [1.807, 2.05) is 32.0 Å². The summed E-state index contributed by atoms with van der Waals surface area (Å²) < 4.78 is 4.62. The largest absolute Gasteiger partial charge is 0.469 e. The Morgan fingerprint density at radius 3 is 2.73 bits per heavy atom. The Morgan fingerprint density at radius 2 is 2.03 bits per heavy atom. The number of fused-ring (bicyclic) bond motifs is 1. The Labute approximate surface area is 182 Å². The van der Waals surface area contributed by atoms with Crippen LogP contribution in [0.2, 0.25) is 0 Å². The quantitative estimate of drug-likeness (QED) is 0.245. The molecule has 0 saturated heterocycles. The van der Waals surface area contributed by atoms with Crippen LogP contribution in [0.4, 0.5) is 5.69 Å². The summed E-state index contributed by atoms with van der Waals surface area (Å²) in [5.74, 6) is 0.100. The highest BCUT2D eigenvalue weighted by Crippen LogP contribution is 2.29. The maximum absolute atomic E-state index is 12.9. The fourth-order valence-electron chi connectivity index (χ4n) is 3.03. The summed E-state index contributed by atoms with van der Waals surface area (Å²) >= 11 is 2.57. The number of ether oxygens (including phenoxy) is 1. The monoisotopic (exact) mass is 445 g/mol. The lowest BCUT2D eigenvalue weighted by Crippen LogP contribution is -2.13. The van der Waals surface area contributed by atoms with Crippen LogP contribution in [0.1, 0.15) is 39.2 Å². The van der Waals surface area contributed by atoms with E-state index in [1.54, 1.807) is 6.92 Å². The Balaban J connectivity index is 1.80. The summed E-state index contributed by atoms with van der Waals surface area (Å²) in [7, 11) is 1.36. The summed E-state index contributed by atoms with van der Waals surface area (Å²) in [6.07, 6.45) is 0.933. The average Bonchev–Trinajstić information content (AvgIpc) is 3.04. The first-order valence-electron chi connectivity index (χ1n) is 9.41. The number of rotatable bonds is 7. The van der Waals surface area contributed by atoms with Gasteiger partial charge in [-0.3, -0.25) is 14.4 Å². The van der Waals surface area contributed by atoms with Gasteiger partial charge in [0.1, 0.15) is 4.83 Å². The fourth-order valence-corrected chi connectivity index (χ4v) is 4.97. The van der Waals surface area contributed by atoms with Crippen molar-refractivity contribution in [1.82, 2.24) is 9.97 Å². The van der Waals surface area contributed by atoms with Gasteiger partial charge in [-0.05, 0) is 44.4 Å². The minimum atomic E-state index is -0.269. The van der Waals surface area contributed by atoms with Crippen molar-refractivity contribution in [2.24, 2.45) is 0 Å². The lowest BCUT2D eigenvalue weighted by molar-refractivity contribution is -0.140. The van der Waals surface area contributed by atoms with Crippen molar-refractivity contribution in [3.63, 3.8) is 0 Å². The summed E-state index contributed by atoms with van der Waals surface area (Å²) in [6, 6.07) is 5.82.